The molecule has 1 aliphatic heterocycles. The minimum Gasteiger partial charge on any atom is -0.428 e. The van der Waals surface area contributed by atoms with Crippen molar-refractivity contribution in [2.45, 2.75) is 19.6 Å². The van der Waals surface area contributed by atoms with Crippen LogP contribution < -0.4 is 10.6 Å². The topological polar surface area (TPSA) is 97.5 Å². The van der Waals surface area contributed by atoms with Gasteiger partial charge >= 0.3 is 6.09 Å². The first-order valence-corrected chi connectivity index (χ1v) is 8.40. The van der Waals surface area contributed by atoms with Gasteiger partial charge in [-0.1, -0.05) is 0 Å². The fourth-order valence-electron chi connectivity index (χ4n) is 2.63. The molecule has 1 fully saturated rings. The molecule has 1 saturated heterocycles. The maximum atomic E-state index is 14.0. The molecule has 2 N–H and O–H groups in total. The van der Waals surface area contributed by atoms with E-state index in [-0.39, 0.29) is 17.2 Å². The standard InChI is InChI=1S/C17H20F2N6O2/c1-17(2,20)27-16(26)25-7-5-24(6-8-25)15-22-14(10-21-23-15)12-9-11(18)3-4-13(12)19/h3-4,9-10H,5-8,20H2,1-2H3. The summed E-state index contributed by atoms with van der Waals surface area (Å²) in [7, 11) is 0. The maximum absolute atomic E-state index is 14.0. The van der Waals surface area contributed by atoms with Crippen LogP contribution in [0.15, 0.2) is 24.4 Å². The Hall–Kier alpha value is -2.88. The number of hydrogen-bond acceptors (Lipinski definition) is 7. The lowest BCUT2D eigenvalue weighted by atomic mass is 10.1. The third kappa shape index (κ3) is 4.64. The number of carbonyl (C=O) groups excluding carboxylic acids is 1. The number of piperazine rings is 1. The van der Waals surface area contributed by atoms with Gasteiger partial charge < -0.3 is 14.5 Å². The van der Waals surface area contributed by atoms with Crippen LogP contribution in [-0.4, -0.2) is 58.1 Å². The molecule has 0 unspecified atom stereocenters. The lowest BCUT2D eigenvalue weighted by Crippen LogP contribution is -2.52. The molecular weight excluding hydrogens is 358 g/mol. The van der Waals surface area contributed by atoms with E-state index in [2.05, 4.69) is 15.2 Å². The van der Waals surface area contributed by atoms with Crippen LogP contribution in [-0.2, 0) is 4.74 Å². The maximum Gasteiger partial charge on any atom is 0.411 e. The van der Waals surface area contributed by atoms with Crippen LogP contribution in [0.4, 0.5) is 19.5 Å². The second kappa shape index (κ2) is 7.39. The first-order chi connectivity index (χ1) is 12.7. The Morgan fingerprint density at radius 2 is 1.93 bits per heavy atom. The average molecular weight is 378 g/mol. The summed E-state index contributed by atoms with van der Waals surface area (Å²) in [4.78, 5) is 19.7. The molecule has 2 heterocycles. The number of benzene rings is 1. The van der Waals surface area contributed by atoms with Crippen LogP contribution in [0.2, 0.25) is 0 Å². The zero-order chi connectivity index (χ0) is 19.6. The van der Waals surface area contributed by atoms with Gasteiger partial charge in [-0.25, -0.2) is 18.6 Å². The number of ether oxygens (including phenoxy) is 1. The van der Waals surface area contributed by atoms with Gasteiger partial charge in [0.05, 0.1) is 11.9 Å². The molecule has 0 atom stereocenters. The predicted molar refractivity (Wildman–Crippen MR) is 93.7 cm³/mol. The smallest absolute Gasteiger partial charge is 0.411 e. The molecule has 0 saturated carbocycles. The van der Waals surface area contributed by atoms with Crippen molar-refractivity contribution in [1.82, 2.24) is 20.1 Å². The second-order valence-electron chi connectivity index (χ2n) is 6.71. The van der Waals surface area contributed by atoms with Crippen LogP contribution in [0.3, 0.4) is 0 Å². The molecular formula is C17H20F2N6O2. The summed E-state index contributed by atoms with van der Waals surface area (Å²) in [5.74, 6) is -0.885. The van der Waals surface area contributed by atoms with Crippen molar-refractivity contribution >= 4 is 12.0 Å². The van der Waals surface area contributed by atoms with Crippen molar-refractivity contribution in [3.63, 3.8) is 0 Å². The minimum atomic E-state index is -1.05. The molecule has 3 rings (SSSR count). The molecule has 0 radical (unpaired) electrons. The molecule has 0 spiro atoms. The molecule has 1 aliphatic rings. The highest BCUT2D eigenvalue weighted by Gasteiger charge is 2.27. The molecule has 27 heavy (non-hydrogen) atoms. The van der Waals surface area contributed by atoms with E-state index in [0.29, 0.717) is 26.2 Å². The van der Waals surface area contributed by atoms with Gasteiger partial charge in [-0.3, -0.25) is 5.73 Å². The van der Waals surface area contributed by atoms with Crippen LogP contribution >= 0.6 is 0 Å². The Bertz CT molecular complexity index is 834. The van der Waals surface area contributed by atoms with Crippen LogP contribution in [0.1, 0.15) is 13.8 Å². The van der Waals surface area contributed by atoms with E-state index in [1.807, 2.05) is 4.90 Å². The lowest BCUT2D eigenvalue weighted by Gasteiger charge is -2.35. The molecule has 8 nitrogen and oxygen atoms in total. The number of nitrogens with zero attached hydrogens (tertiary/aromatic N) is 5. The summed E-state index contributed by atoms with van der Waals surface area (Å²) in [6.45, 7) is 4.84. The highest BCUT2D eigenvalue weighted by atomic mass is 19.1. The van der Waals surface area contributed by atoms with Crippen LogP contribution in [0.25, 0.3) is 11.3 Å². The summed E-state index contributed by atoms with van der Waals surface area (Å²) in [5.41, 5.74) is 4.84. The highest BCUT2D eigenvalue weighted by Crippen LogP contribution is 2.23. The predicted octanol–water partition coefficient (Wildman–Crippen LogP) is 1.77. The van der Waals surface area contributed by atoms with E-state index >= 15 is 0 Å². The van der Waals surface area contributed by atoms with E-state index < -0.39 is 23.5 Å². The quantitative estimate of drug-likeness (QED) is 0.813. The number of hydrogen-bond donors (Lipinski definition) is 1. The van der Waals surface area contributed by atoms with E-state index in [0.717, 1.165) is 18.2 Å². The number of anilines is 1. The molecule has 1 aromatic heterocycles. The molecule has 0 bridgehead atoms. The second-order valence-corrected chi connectivity index (χ2v) is 6.71. The minimum absolute atomic E-state index is 0.0125. The van der Waals surface area contributed by atoms with E-state index in [4.69, 9.17) is 10.5 Å². The first kappa shape index (κ1) is 18.9. The van der Waals surface area contributed by atoms with Gasteiger partial charge in [0.25, 0.3) is 0 Å². The Morgan fingerprint density at radius 1 is 1.22 bits per heavy atom. The number of aromatic nitrogens is 3. The Kier molecular flexibility index (Phi) is 5.17. The Balaban J connectivity index is 1.70. The fourth-order valence-corrected chi connectivity index (χ4v) is 2.63. The average Bonchev–Trinajstić information content (AvgIpc) is 2.62. The highest BCUT2D eigenvalue weighted by molar-refractivity contribution is 5.68. The van der Waals surface area contributed by atoms with Crippen molar-refractivity contribution in [1.29, 1.82) is 0 Å². The van der Waals surface area contributed by atoms with Crippen molar-refractivity contribution in [3.8, 4) is 11.3 Å². The van der Waals surface area contributed by atoms with E-state index in [1.54, 1.807) is 13.8 Å². The number of halogens is 2. The summed E-state index contributed by atoms with van der Waals surface area (Å²) >= 11 is 0. The number of rotatable bonds is 3. The summed E-state index contributed by atoms with van der Waals surface area (Å²) in [5, 5.41) is 7.81. The number of amides is 1. The Morgan fingerprint density at radius 3 is 2.59 bits per heavy atom. The van der Waals surface area contributed by atoms with Gasteiger partial charge in [0.2, 0.25) is 5.95 Å². The van der Waals surface area contributed by atoms with Gasteiger partial charge in [0, 0.05) is 31.7 Å². The summed E-state index contributed by atoms with van der Waals surface area (Å²) in [6.07, 6.45) is 0.787. The van der Waals surface area contributed by atoms with Crippen molar-refractivity contribution in [3.05, 3.63) is 36.0 Å². The van der Waals surface area contributed by atoms with Crippen LogP contribution in [0.5, 0.6) is 0 Å². The summed E-state index contributed by atoms with van der Waals surface area (Å²) < 4.78 is 32.5. The van der Waals surface area contributed by atoms with Gasteiger partial charge in [0.1, 0.15) is 11.6 Å². The lowest BCUT2D eigenvalue weighted by molar-refractivity contribution is 0.0167. The number of nitrogens with two attached hydrogens (primary N) is 1. The number of carbonyl (C=O) groups is 1. The normalized spacial score (nSPS) is 15.0. The zero-order valence-corrected chi connectivity index (χ0v) is 15.0. The van der Waals surface area contributed by atoms with Crippen molar-refractivity contribution in [2.24, 2.45) is 5.73 Å². The molecule has 2 aromatic rings. The Labute approximate surface area is 154 Å². The van der Waals surface area contributed by atoms with Crippen LogP contribution in [0, 0.1) is 11.6 Å². The van der Waals surface area contributed by atoms with Crippen molar-refractivity contribution in [2.75, 3.05) is 31.1 Å². The molecule has 1 aromatic carbocycles. The van der Waals surface area contributed by atoms with Crippen molar-refractivity contribution < 1.29 is 18.3 Å². The fraction of sp³-hybridized carbons (Fsp3) is 0.412. The SMILES string of the molecule is CC(C)(N)OC(=O)N1CCN(c2nncc(-c3cc(F)ccc3F)n2)CC1. The molecule has 144 valence electrons. The van der Waals surface area contributed by atoms with Gasteiger partial charge in [-0.15, -0.1) is 5.10 Å². The molecule has 0 aliphatic carbocycles. The molecule has 1 amide bonds. The van der Waals surface area contributed by atoms with E-state index in [1.165, 1.54) is 11.1 Å². The van der Waals surface area contributed by atoms with Gasteiger partial charge in [-0.2, -0.15) is 5.10 Å². The first-order valence-electron chi connectivity index (χ1n) is 8.40. The summed E-state index contributed by atoms with van der Waals surface area (Å²) in [6, 6.07) is 3.14. The van der Waals surface area contributed by atoms with Gasteiger partial charge in [0.15, 0.2) is 5.72 Å². The third-order valence-corrected chi connectivity index (χ3v) is 3.92. The molecule has 10 heteroatoms. The van der Waals surface area contributed by atoms with E-state index in [9.17, 15) is 13.6 Å². The largest absolute Gasteiger partial charge is 0.428 e. The third-order valence-electron chi connectivity index (χ3n) is 3.92. The monoisotopic (exact) mass is 378 g/mol. The van der Waals surface area contributed by atoms with Gasteiger partial charge in [-0.05, 0) is 32.0 Å². The zero-order valence-electron chi connectivity index (χ0n) is 15.0.